The van der Waals surface area contributed by atoms with E-state index in [1.165, 1.54) is 12.1 Å². The molecule has 2 N–H and O–H groups in total. The number of alkyl halides is 4. The quantitative estimate of drug-likeness (QED) is 0.755. The van der Waals surface area contributed by atoms with Crippen molar-refractivity contribution in [2.75, 3.05) is 6.54 Å². The van der Waals surface area contributed by atoms with E-state index in [9.17, 15) is 17.6 Å². The minimum Gasteiger partial charge on any atom is -0.434 e. The summed E-state index contributed by atoms with van der Waals surface area (Å²) in [6.07, 6.45) is -4.65. The molecule has 0 spiro atoms. The number of aliphatic hydroxyl groups is 1. The molecule has 0 aliphatic heterocycles. The van der Waals surface area contributed by atoms with Crippen molar-refractivity contribution in [3.05, 3.63) is 29.8 Å². The van der Waals surface area contributed by atoms with Crippen LogP contribution in [0.2, 0.25) is 0 Å². The first-order valence-corrected chi connectivity index (χ1v) is 5.65. The number of nitrogens with one attached hydrogen (secondary N) is 1. The molecule has 0 amide bonds. The van der Waals surface area contributed by atoms with Crippen molar-refractivity contribution in [1.82, 2.24) is 5.32 Å². The molecule has 0 aromatic heterocycles. The fraction of sp³-hybridized carbons (Fsp3) is 0.500. The molecule has 1 rings (SSSR count). The largest absolute Gasteiger partial charge is 0.434 e. The monoisotopic (exact) mass is 281 g/mol. The normalized spacial score (nSPS) is 14.7. The first-order valence-electron chi connectivity index (χ1n) is 5.65. The van der Waals surface area contributed by atoms with E-state index in [-0.39, 0.29) is 12.3 Å². The molecule has 3 nitrogen and oxygen atoms in total. The SMILES string of the molecule is CC(NCC(O)C(F)F)c1ccccc1OC(F)F. The smallest absolute Gasteiger partial charge is 0.387 e. The van der Waals surface area contributed by atoms with Gasteiger partial charge in [0, 0.05) is 18.2 Å². The van der Waals surface area contributed by atoms with Crippen LogP contribution < -0.4 is 10.1 Å². The van der Waals surface area contributed by atoms with E-state index >= 15 is 0 Å². The summed E-state index contributed by atoms with van der Waals surface area (Å²) in [5.41, 5.74) is 0.407. The molecule has 0 heterocycles. The van der Waals surface area contributed by atoms with Crippen molar-refractivity contribution in [3.63, 3.8) is 0 Å². The zero-order valence-corrected chi connectivity index (χ0v) is 10.2. The molecule has 0 saturated heterocycles. The van der Waals surface area contributed by atoms with Gasteiger partial charge in [-0.1, -0.05) is 18.2 Å². The van der Waals surface area contributed by atoms with Gasteiger partial charge in [0.25, 0.3) is 6.43 Å². The molecule has 2 atom stereocenters. The van der Waals surface area contributed by atoms with Crippen LogP contribution in [0.3, 0.4) is 0 Å². The Balaban J connectivity index is 2.68. The first-order chi connectivity index (χ1) is 8.91. The van der Waals surface area contributed by atoms with Crippen LogP contribution in [0.1, 0.15) is 18.5 Å². The maximum Gasteiger partial charge on any atom is 0.387 e. The molecule has 0 fully saturated rings. The Kier molecular flexibility index (Phi) is 6.04. The van der Waals surface area contributed by atoms with Gasteiger partial charge in [-0.15, -0.1) is 0 Å². The fourth-order valence-corrected chi connectivity index (χ4v) is 1.54. The number of benzene rings is 1. The molecule has 0 saturated carbocycles. The van der Waals surface area contributed by atoms with E-state index < -0.39 is 25.2 Å². The summed E-state index contributed by atoms with van der Waals surface area (Å²) in [7, 11) is 0. The number of halogens is 4. The molecule has 2 unspecified atom stereocenters. The maximum atomic E-state index is 12.2. The van der Waals surface area contributed by atoms with E-state index in [2.05, 4.69) is 10.1 Å². The highest BCUT2D eigenvalue weighted by Gasteiger charge is 2.19. The fourth-order valence-electron chi connectivity index (χ4n) is 1.54. The highest BCUT2D eigenvalue weighted by Crippen LogP contribution is 2.26. The topological polar surface area (TPSA) is 41.5 Å². The van der Waals surface area contributed by atoms with Crippen LogP contribution in [0.5, 0.6) is 5.75 Å². The van der Waals surface area contributed by atoms with Crippen LogP contribution in [-0.4, -0.2) is 30.8 Å². The van der Waals surface area contributed by atoms with Crippen LogP contribution in [0.15, 0.2) is 24.3 Å². The third-order valence-electron chi connectivity index (χ3n) is 2.53. The molecule has 1 aromatic carbocycles. The first kappa shape index (κ1) is 15.7. The van der Waals surface area contributed by atoms with Crippen molar-refractivity contribution in [1.29, 1.82) is 0 Å². The standard InChI is InChI=1S/C12H15F4NO2/c1-7(17-6-9(18)11(13)14)8-4-2-3-5-10(8)19-12(15)16/h2-5,7,9,11-12,17-18H,6H2,1H3. The minimum absolute atomic E-state index is 0.0240. The van der Waals surface area contributed by atoms with Gasteiger partial charge in [-0.05, 0) is 13.0 Å². The minimum atomic E-state index is -2.96. The van der Waals surface area contributed by atoms with Crippen molar-refractivity contribution >= 4 is 0 Å². The number of rotatable bonds is 7. The summed E-state index contributed by atoms with van der Waals surface area (Å²) in [6, 6.07) is 5.55. The van der Waals surface area contributed by atoms with Gasteiger partial charge in [0.05, 0.1) is 0 Å². The second-order valence-corrected chi connectivity index (χ2v) is 3.95. The van der Waals surface area contributed by atoms with Gasteiger partial charge in [-0.25, -0.2) is 8.78 Å². The van der Waals surface area contributed by atoms with Gasteiger partial charge in [0.2, 0.25) is 0 Å². The highest BCUT2D eigenvalue weighted by molar-refractivity contribution is 5.35. The Morgan fingerprint density at radius 2 is 1.84 bits per heavy atom. The molecule has 0 aliphatic carbocycles. The van der Waals surface area contributed by atoms with Gasteiger partial charge < -0.3 is 15.2 Å². The third-order valence-corrected chi connectivity index (χ3v) is 2.53. The lowest BCUT2D eigenvalue weighted by Gasteiger charge is -2.19. The van der Waals surface area contributed by atoms with Gasteiger partial charge in [0.15, 0.2) is 0 Å². The molecule has 7 heteroatoms. The molecule has 19 heavy (non-hydrogen) atoms. The molecule has 0 aliphatic rings. The van der Waals surface area contributed by atoms with Crippen LogP contribution >= 0.6 is 0 Å². The Labute approximate surface area is 108 Å². The van der Waals surface area contributed by atoms with Gasteiger partial charge in [0.1, 0.15) is 11.9 Å². The summed E-state index contributed by atoms with van der Waals surface area (Å²) in [5, 5.41) is 11.6. The Bertz CT molecular complexity index is 390. The van der Waals surface area contributed by atoms with Gasteiger partial charge >= 0.3 is 6.61 Å². The van der Waals surface area contributed by atoms with E-state index in [4.69, 9.17) is 5.11 Å². The number of para-hydroxylation sites is 1. The summed E-state index contributed by atoms with van der Waals surface area (Å²) in [4.78, 5) is 0. The lowest BCUT2D eigenvalue weighted by Crippen LogP contribution is -2.33. The van der Waals surface area contributed by atoms with E-state index in [0.29, 0.717) is 5.56 Å². The Morgan fingerprint density at radius 3 is 2.42 bits per heavy atom. The molecule has 108 valence electrons. The molecule has 1 aromatic rings. The highest BCUT2D eigenvalue weighted by atomic mass is 19.3. The van der Waals surface area contributed by atoms with Crippen LogP contribution in [0, 0.1) is 0 Å². The molecular weight excluding hydrogens is 266 g/mol. The zero-order valence-electron chi connectivity index (χ0n) is 10.2. The Hall–Kier alpha value is -1.34. The van der Waals surface area contributed by atoms with Crippen molar-refractivity contribution in [2.45, 2.75) is 32.1 Å². The maximum absolute atomic E-state index is 12.2. The average molecular weight is 281 g/mol. The van der Waals surface area contributed by atoms with Crippen molar-refractivity contribution < 1.29 is 27.4 Å². The summed E-state index contributed by atoms with van der Waals surface area (Å²) >= 11 is 0. The van der Waals surface area contributed by atoms with Gasteiger partial charge in [-0.3, -0.25) is 0 Å². The lowest BCUT2D eigenvalue weighted by atomic mass is 10.1. The van der Waals surface area contributed by atoms with Crippen LogP contribution in [0.4, 0.5) is 17.6 Å². The Morgan fingerprint density at radius 1 is 1.21 bits per heavy atom. The van der Waals surface area contributed by atoms with Crippen molar-refractivity contribution in [3.8, 4) is 5.75 Å². The molecule has 0 radical (unpaired) electrons. The number of ether oxygens (including phenoxy) is 1. The second-order valence-electron chi connectivity index (χ2n) is 3.95. The zero-order chi connectivity index (χ0) is 14.4. The second kappa shape index (κ2) is 7.30. The predicted molar refractivity (Wildman–Crippen MR) is 61.5 cm³/mol. The van der Waals surface area contributed by atoms with E-state index in [0.717, 1.165) is 0 Å². The number of aliphatic hydroxyl groups excluding tert-OH is 1. The van der Waals surface area contributed by atoms with E-state index in [1.807, 2.05) is 0 Å². The number of hydrogen-bond donors (Lipinski definition) is 2. The molecular formula is C12H15F4NO2. The van der Waals surface area contributed by atoms with Gasteiger partial charge in [-0.2, -0.15) is 8.78 Å². The number of hydrogen-bond acceptors (Lipinski definition) is 3. The van der Waals surface area contributed by atoms with Crippen LogP contribution in [-0.2, 0) is 0 Å². The summed E-state index contributed by atoms with van der Waals surface area (Å²) in [5.74, 6) is -0.0240. The predicted octanol–water partition coefficient (Wildman–Crippen LogP) is 2.56. The average Bonchev–Trinajstić information content (AvgIpc) is 2.35. The summed E-state index contributed by atoms with van der Waals surface area (Å²) < 4.78 is 53.0. The molecule has 0 bridgehead atoms. The lowest BCUT2D eigenvalue weighted by molar-refractivity contribution is -0.0507. The van der Waals surface area contributed by atoms with E-state index in [1.54, 1.807) is 19.1 Å². The summed E-state index contributed by atoms with van der Waals surface area (Å²) in [6.45, 7) is -1.70. The third kappa shape index (κ3) is 5.04. The van der Waals surface area contributed by atoms with Crippen molar-refractivity contribution in [2.24, 2.45) is 0 Å². The van der Waals surface area contributed by atoms with Crippen LogP contribution in [0.25, 0.3) is 0 Å².